The first kappa shape index (κ1) is 23.2. The van der Waals surface area contributed by atoms with Crippen LogP contribution in [-0.2, 0) is 6.54 Å². The third-order valence-electron chi connectivity index (χ3n) is 5.24. The topological polar surface area (TPSA) is 65.7 Å². The van der Waals surface area contributed by atoms with Gasteiger partial charge >= 0.3 is 0 Å². The van der Waals surface area contributed by atoms with Crippen LogP contribution in [0.4, 0.5) is 0 Å². The second-order valence-electron chi connectivity index (χ2n) is 7.21. The van der Waals surface area contributed by atoms with Crippen LogP contribution in [0.3, 0.4) is 0 Å². The number of rotatable bonds is 7. The van der Waals surface area contributed by atoms with Crippen LogP contribution in [0.1, 0.15) is 70.8 Å². The van der Waals surface area contributed by atoms with Crippen LogP contribution in [0.15, 0.2) is 15.6 Å². The van der Waals surface area contributed by atoms with Gasteiger partial charge in [-0.25, -0.2) is 0 Å². The van der Waals surface area contributed by atoms with E-state index in [0.29, 0.717) is 24.5 Å². The number of hydrogen-bond acceptors (Lipinski definition) is 4. The number of aromatic nitrogens is 1. The molecule has 1 fully saturated rings. The van der Waals surface area contributed by atoms with Gasteiger partial charge in [0.2, 0.25) is 0 Å². The van der Waals surface area contributed by atoms with E-state index in [0.717, 1.165) is 56.2 Å². The van der Waals surface area contributed by atoms with E-state index in [4.69, 9.17) is 4.52 Å². The van der Waals surface area contributed by atoms with Crippen molar-refractivity contribution in [2.75, 3.05) is 20.1 Å². The molecule has 26 heavy (non-hydrogen) atoms. The lowest BCUT2D eigenvalue weighted by Gasteiger charge is -2.35. The first-order valence-electron chi connectivity index (χ1n) is 9.74. The van der Waals surface area contributed by atoms with Crippen LogP contribution in [0, 0.1) is 0 Å². The van der Waals surface area contributed by atoms with Crippen molar-refractivity contribution >= 4 is 29.9 Å². The highest BCUT2D eigenvalue weighted by Crippen LogP contribution is 2.22. The second kappa shape index (κ2) is 11.8. The van der Waals surface area contributed by atoms with Gasteiger partial charge in [-0.2, -0.15) is 0 Å². The zero-order chi connectivity index (χ0) is 18.2. The van der Waals surface area contributed by atoms with E-state index < -0.39 is 0 Å². The molecule has 1 aliphatic rings. The summed E-state index contributed by atoms with van der Waals surface area (Å²) in [5, 5.41) is 11.1. The molecule has 0 spiro atoms. The van der Waals surface area contributed by atoms with E-state index in [1.165, 1.54) is 0 Å². The molecular weight excluding hydrogens is 441 g/mol. The number of hydrogen-bond donors (Lipinski definition) is 2. The SMILES string of the molecule is CCC(CC)c1cc(CNC(=NC)NC2CCN(C(C)C)CC2)on1.I. The normalized spacial score (nSPS) is 16.8. The number of piperidine rings is 1. The predicted molar refractivity (Wildman–Crippen MR) is 118 cm³/mol. The minimum atomic E-state index is 0. The Balaban J connectivity index is 0.00000338. The summed E-state index contributed by atoms with van der Waals surface area (Å²) >= 11 is 0. The first-order chi connectivity index (χ1) is 12.1. The lowest BCUT2D eigenvalue weighted by molar-refractivity contribution is 0.167. The number of nitrogens with zero attached hydrogens (tertiary/aromatic N) is 3. The summed E-state index contributed by atoms with van der Waals surface area (Å²) in [7, 11) is 1.81. The molecule has 1 aromatic heterocycles. The Morgan fingerprint density at radius 3 is 2.50 bits per heavy atom. The summed E-state index contributed by atoms with van der Waals surface area (Å²) in [6, 6.07) is 3.18. The summed E-state index contributed by atoms with van der Waals surface area (Å²) in [6.45, 7) is 11.8. The zero-order valence-electron chi connectivity index (χ0n) is 16.9. The highest BCUT2D eigenvalue weighted by molar-refractivity contribution is 14.0. The Bertz CT molecular complexity index is 534. The van der Waals surface area contributed by atoms with Crippen molar-refractivity contribution in [1.82, 2.24) is 20.7 Å². The average molecular weight is 477 g/mol. The summed E-state index contributed by atoms with van der Waals surface area (Å²) in [4.78, 5) is 6.87. The molecular formula is C19H36IN5O. The van der Waals surface area contributed by atoms with Gasteiger partial charge in [0.05, 0.1) is 12.2 Å². The maximum Gasteiger partial charge on any atom is 0.191 e. The Hall–Kier alpha value is -0.830. The molecule has 0 radical (unpaired) electrons. The smallest absolute Gasteiger partial charge is 0.191 e. The van der Waals surface area contributed by atoms with Crippen molar-refractivity contribution in [1.29, 1.82) is 0 Å². The molecule has 2 heterocycles. The van der Waals surface area contributed by atoms with Gasteiger partial charge in [0.25, 0.3) is 0 Å². The van der Waals surface area contributed by atoms with Crippen LogP contribution < -0.4 is 10.6 Å². The fourth-order valence-corrected chi connectivity index (χ4v) is 3.43. The van der Waals surface area contributed by atoms with Gasteiger partial charge in [-0.3, -0.25) is 4.99 Å². The molecule has 150 valence electrons. The standard InChI is InChI=1S/C19H35N5O.HI/c1-6-15(7-2)18-12-17(25-23-18)13-21-19(20-5)22-16-8-10-24(11-9-16)14(3)4;/h12,14-16H,6-11,13H2,1-5H3,(H2,20,21,22);1H. The fourth-order valence-electron chi connectivity index (χ4n) is 3.43. The Morgan fingerprint density at radius 2 is 1.96 bits per heavy atom. The molecule has 0 atom stereocenters. The molecule has 0 aromatic carbocycles. The Morgan fingerprint density at radius 1 is 1.31 bits per heavy atom. The van der Waals surface area contributed by atoms with Crippen molar-refractivity contribution in [3.8, 4) is 0 Å². The molecule has 2 N–H and O–H groups in total. The molecule has 0 unspecified atom stereocenters. The number of likely N-dealkylation sites (tertiary alicyclic amines) is 1. The van der Waals surface area contributed by atoms with Gasteiger partial charge in [-0.15, -0.1) is 24.0 Å². The second-order valence-corrected chi connectivity index (χ2v) is 7.21. The van der Waals surface area contributed by atoms with Gasteiger partial charge in [0, 0.05) is 44.2 Å². The van der Waals surface area contributed by atoms with E-state index in [1.54, 1.807) is 0 Å². The summed E-state index contributed by atoms with van der Waals surface area (Å²) in [5.41, 5.74) is 1.06. The lowest BCUT2D eigenvalue weighted by atomic mass is 9.99. The number of guanidine groups is 1. The van der Waals surface area contributed by atoms with Gasteiger partial charge in [0.15, 0.2) is 11.7 Å². The van der Waals surface area contributed by atoms with Gasteiger partial charge in [-0.05, 0) is 39.5 Å². The molecule has 1 saturated heterocycles. The number of halogens is 1. The van der Waals surface area contributed by atoms with Gasteiger partial charge in [-0.1, -0.05) is 19.0 Å². The quantitative estimate of drug-likeness (QED) is 0.356. The summed E-state index contributed by atoms with van der Waals surface area (Å²) in [5.74, 6) is 2.18. The van der Waals surface area contributed by atoms with Crippen molar-refractivity contribution in [2.45, 2.75) is 77.9 Å². The van der Waals surface area contributed by atoms with Crippen LogP contribution in [0.25, 0.3) is 0 Å². The molecule has 1 aromatic rings. The van der Waals surface area contributed by atoms with Crippen molar-refractivity contribution < 1.29 is 4.52 Å². The largest absolute Gasteiger partial charge is 0.359 e. The highest BCUT2D eigenvalue weighted by atomic mass is 127. The Kier molecular flexibility index (Phi) is 10.5. The molecule has 2 rings (SSSR count). The van der Waals surface area contributed by atoms with Crippen LogP contribution in [0.2, 0.25) is 0 Å². The molecule has 0 saturated carbocycles. The monoisotopic (exact) mass is 477 g/mol. The minimum Gasteiger partial charge on any atom is -0.359 e. The molecule has 0 amide bonds. The van der Waals surface area contributed by atoms with E-state index in [-0.39, 0.29) is 24.0 Å². The average Bonchev–Trinajstić information content (AvgIpc) is 3.09. The number of aliphatic imine (C=N–C) groups is 1. The number of nitrogens with one attached hydrogen (secondary N) is 2. The summed E-state index contributed by atoms with van der Waals surface area (Å²) in [6.07, 6.45) is 4.49. The zero-order valence-corrected chi connectivity index (χ0v) is 19.2. The van der Waals surface area contributed by atoms with Crippen molar-refractivity contribution in [3.63, 3.8) is 0 Å². The molecule has 1 aliphatic heterocycles. The van der Waals surface area contributed by atoms with E-state index in [2.05, 4.69) is 59.4 Å². The third kappa shape index (κ3) is 6.72. The maximum absolute atomic E-state index is 5.47. The van der Waals surface area contributed by atoms with Crippen LogP contribution in [-0.4, -0.2) is 48.2 Å². The van der Waals surface area contributed by atoms with E-state index in [9.17, 15) is 0 Å². The van der Waals surface area contributed by atoms with Gasteiger partial charge in [0.1, 0.15) is 0 Å². The minimum absolute atomic E-state index is 0. The maximum atomic E-state index is 5.47. The molecule has 0 bridgehead atoms. The summed E-state index contributed by atoms with van der Waals surface area (Å²) < 4.78 is 5.47. The third-order valence-corrected chi connectivity index (χ3v) is 5.24. The van der Waals surface area contributed by atoms with Gasteiger partial charge < -0.3 is 20.1 Å². The van der Waals surface area contributed by atoms with Crippen molar-refractivity contribution in [3.05, 3.63) is 17.5 Å². The molecule has 6 nitrogen and oxygen atoms in total. The van der Waals surface area contributed by atoms with Crippen LogP contribution in [0.5, 0.6) is 0 Å². The van der Waals surface area contributed by atoms with Crippen molar-refractivity contribution in [2.24, 2.45) is 4.99 Å². The first-order valence-corrected chi connectivity index (χ1v) is 9.74. The highest BCUT2D eigenvalue weighted by Gasteiger charge is 2.21. The fraction of sp³-hybridized carbons (Fsp3) is 0.789. The lowest BCUT2D eigenvalue weighted by Crippen LogP contribution is -2.49. The Labute approximate surface area is 175 Å². The van der Waals surface area contributed by atoms with E-state index in [1.807, 2.05) is 7.05 Å². The van der Waals surface area contributed by atoms with Crippen LogP contribution >= 0.6 is 24.0 Å². The van der Waals surface area contributed by atoms with E-state index >= 15 is 0 Å². The molecule has 0 aliphatic carbocycles. The molecule has 7 heteroatoms. The predicted octanol–water partition coefficient (Wildman–Crippen LogP) is 3.73.